The van der Waals surface area contributed by atoms with Crippen LogP contribution in [0.25, 0.3) is 10.9 Å². The molecule has 26 heavy (non-hydrogen) atoms. The van der Waals surface area contributed by atoms with E-state index in [9.17, 15) is 4.79 Å². The molecule has 0 radical (unpaired) electrons. The summed E-state index contributed by atoms with van der Waals surface area (Å²) in [6.45, 7) is 10.8. The van der Waals surface area contributed by atoms with Gasteiger partial charge in [0, 0.05) is 26.7 Å². The lowest BCUT2D eigenvalue weighted by atomic mass is 10.0. The largest absolute Gasteiger partial charge is 0.332 e. The summed E-state index contributed by atoms with van der Waals surface area (Å²) < 4.78 is 3.18. The molecule has 3 rings (SSSR count). The van der Waals surface area contributed by atoms with Gasteiger partial charge in [-0.05, 0) is 83.0 Å². The standard InChI is InChI=1S/C22H23IN2O/c1-5-12-25-20-11-6-16(14(2)3)13-19(20)15(4)21(25)22(26)24-18-9-7-17(23)8-10-18/h5-11,13-14H,1,12H2,2-4H3,(H,24,26). The summed E-state index contributed by atoms with van der Waals surface area (Å²) in [6, 6.07) is 14.3. The molecule has 0 aliphatic carbocycles. The second-order valence-electron chi connectivity index (χ2n) is 6.77. The lowest BCUT2D eigenvalue weighted by Gasteiger charge is -2.10. The first-order chi connectivity index (χ1) is 12.4. The molecule has 1 aromatic heterocycles. The van der Waals surface area contributed by atoms with Crippen LogP contribution in [0.1, 0.15) is 41.4 Å². The molecule has 0 atom stereocenters. The molecule has 2 aromatic carbocycles. The van der Waals surface area contributed by atoms with Crippen LogP contribution in [0.5, 0.6) is 0 Å². The molecule has 0 unspecified atom stereocenters. The number of nitrogens with one attached hydrogen (secondary N) is 1. The van der Waals surface area contributed by atoms with Crippen molar-refractivity contribution in [1.29, 1.82) is 0 Å². The van der Waals surface area contributed by atoms with Gasteiger partial charge in [0.1, 0.15) is 5.69 Å². The summed E-state index contributed by atoms with van der Waals surface area (Å²) in [6.07, 6.45) is 1.83. The van der Waals surface area contributed by atoms with E-state index in [0.29, 0.717) is 18.2 Å². The van der Waals surface area contributed by atoms with E-state index in [1.54, 1.807) is 0 Å². The molecule has 0 saturated carbocycles. The highest BCUT2D eigenvalue weighted by Gasteiger charge is 2.20. The normalized spacial score (nSPS) is 11.1. The van der Waals surface area contributed by atoms with Crippen LogP contribution in [-0.4, -0.2) is 10.5 Å². The van der Waals surface area contributed by atoms with E-state index < -0.39 is 0 Å². The van der Waals surface area contributed by atoms with E-state index in [4.69, 9.17) is 0 Å². The zero-order valence-electron chi connectivity index (χ0n) is 15.3. The van der Waals surface area contributed by atoms with E-state index in [1.165, 1.54) is 5.56 Å². The predicted molar refractivity (Wildman–Crippen MR) is 118 cm³/mol. The van der Waals surface area contributed by atoms with Gasteiger partial charge in [-0.3, -0.25) is 4.79 Å². The van der Waals surface area contributed by atoms with Crippen LogP contribution in [0, 0.1) is 10.5 Å². The zero-order chi connectivity index (χ0) is 18.8. The van der Waals surface area contributed by atoms with Crippen molar-refractivity contribution in [1.82, 2.24) is 4.57 Å². The number of aryl methyl sites for hydroxylation is 1. The van der Waals surface area contributed by atoms with Crippen molar-refractivity contribution in [2.75, 3.05) is 5.32 Å². The topological polar surface area (TPSA) is 34.0 Å². The van der Waals surface area contributed by atoms with Gasteiger partial charge < -0.3 is 9.88 Å². The van der Waals surface area contributed by atoms with Gasteiger partial charge in [-0.2, -0.15) is 0 Å². The average Bonchev–Trinajstić information content (AvgIpc) is 2.89. The molecular weight excluding hydrogens is 435 g/mol. The molecule has 3 aromatic rings. The Kier molecular flexibility index (Phi) is 5.51. The minimum Gasteiger partial charge on any atom is -0.332 e. The maximum absolute atomic E-state index is 13.0. The average molecular weight is 458 g/mol. The Bertz CT molecular complexity index is 968. The van der Waals surface area contributed by atoms with Gasteiger partial charge >= 0.3 is 0 Å². The molecule has 4 heteroatoms. The molecule has 1 amide bonds. The van der Waals surface area contributed by atoms with Crippen LogP contribution >= 0.6 is 22.6 Å². The number of rotatable bonds is 5. The molecule has 3 nitrogen and oxygen atoms in total. The Morgan fingerprint density at radius 1 is 1.23 bits per heavy atom. The number of carbonyl (C=O) groups is 1. The van der Waals surface area contributed by atoms with Crippen molar-refractivity contribution in [3.05, 3.63) is 75.5 Å². The number of allylic oxidation sites excluding steroid dienone is 1. The Hall–Kier alpha value is -2.08. The second kappa shape index (κ2) is 7.66. The van der Waals surface area contributed by atoms with Crippen molar-refractivity contribution in [3.8, 4) is 0 Å². The molecule has 0 fully saturated rings. The second-order valence-corrected chi connectivity index (χ2v) is 8.01. The molecule has 0 saturated heterocycles. The molecule has 1 heterocycles. The van der Waals surface area contributed by atoms with E-state index in [0.717, 1.165) is 25.7 Å². The lowest BCUT2D eigenvalue weighted by molar-refractivity contribution is 0.101. The van der Waals surface area contributed by atoms with Crippen molar-refractivity contribution in [3.63, 3.8) is 0 Å². The van der Waals surface area contributed by atoms with Gasteiger partial charge in [0.2, 0.25) is 0 Å². The third-order valence-corrected chi connectivity index (χ3v) is 5.36. The number of nitrogens with zero attached hydrogens (tertiary/aromatic N) is 1. The zero-order valence-corrected chi connectivity index (χ0v) is 17.5. The number of fused-ring (bicyclic) bond motifs is 1. The summed E-state index contributed by atoms with van der Waals surface area (Å²) in [5, 5.41) is 4.16. The highest BCUT2D eigenvalue weighted by molar-refractivity contribution is 14.1. The number of amides is 1. The molecule has 1 N–H and O–H groups in total. The first-order valence-electron chi connectivity index (χ1n) is 8.73. The smallest absolute Gasteiger partial charge is 0.272 e. The highest BCUT2D eigenvalue weighted by atomic mass is 127. The van der Waals surface area contributed by atoms with E-state index in [-0.39, 0.29) is 5.91 Å². The molecule has 0 aliphatic heterocycles. The summed E-state index contributed by atoms with van der Waals surface area (Å²) in [5.41, 5.74) is 4.85. The van der Waals surface area contributed by atoms with Gasteiger partial charge in [-0.1, -0.05) is 26.0 Å². The maximum Gasteiger partial charge on any atom is 0.272 e. The number of benzene rings is 2. The summed E-state index contributed by atoms with van der Waals surface area (Å²) in [7, 11) is 0. The fourth-order valence-corrected chi connectivity index (χ4v) is 3.59. The summed E-state index contributed by atoms with van der Waals surface area (Å²) in [5.74, 6) is 0.360. The first kappa shape index (κ1) is 18.7. The third kappa shape index (κ3) is 3.56. The minimum atomic E-state index is -0.0899. The highest BCUT2D eigenvalue weighted by Crippen LogP contribution is 2.29. The van der Waals surface area contributed by atoms with Crippen LogP contribution < -0.4 is 5.32 Å². The van der Waals surface area contributed by atoms with Crippen LogP contribution in [-0.2, 0) is 6.54 Å². The monoisotopic (exact) mass is 458 g/mol. The van der Waals surface area contributed by atoms with Gasteiger partial charge in [-0.25, -0.2) is 0 Å². The Labute approximate surface area is 168 Å². The summed E-state index contributed by atoms with van der Waals surface area (Å²) in [4.78, 5) is 13.0. The Morgan fingerprint density at radius 2 is 1.92 bits per heavy atom. The number of aromatic nitrogens is 1. The first-order valence-corrected chi connectivity index (χ1v) is 9.80. The quantitative estimate of drug-likeness (QED) is 0.363. The third-order valence-electron chi connectivity index (χ3n) is 4.64. The molecule has 134 valence electrons. The van der Waals surface area contributed by atoms with Crippen LogP contribution in [0.4, 0.5) is 5.69 Å². The van der Waals surface area contributed by atoms with Crippen molar-refractivity contribution >= 4 is 45.1 Å². The van der Waals surface area contributed by atoms with Gasteiger partial charge in [0.05, 0.1) is 0 Å². The number of hydrogen-bond donors (Lipinski definition) is 1. The van der Waals surface area contributed by atoms with E-state index in [1.807, 2.05) is 41.8 Å². The fourth-order valence-electron chi connectivity index (χ4n) is 3.23. The SMILES string of the molecule is C=CCn1c(C(=O)Nc2ccc(I)cc2)c(C)c2cc(C(C)C)ccc21. The minimum absolute atomic E-state index is 0.0899. The molecule has 0 spiro atoms. The van der Waals surface area contributed by atoms with Gasteiger partial charge in [0.15, 0.2) is 0 Å². The molecular formula is C22H23IN2O. The van der Waals surface area contributed by atoms with Gasteiger partial charge in [0.25, 0.3) is 5.91 Å². The van der Waals surface area contributed by atoms with Crippen molar-refractivity contribution in [2.24, 2.45) is 0 Å². The molecule has 0 bridgehead atoms. The van der Waals surface area contributed by atoms with Crippen LogP contribution in [0.15, 0.2) is 55.1 Å². The number of anilines is 1. The van der Waals surface area contributed by atoms with Crippen LogP contribution in [0.3, 0.4) is 0 Å². The fraction of sp³-hybridized carbons (Fsp3) is 0.227. The number of halogens is 1. The Balaban J connectivity index is 2.09. The number of carbonyl (C=O) groups excluding carboxylic acids is 1. The van der Waals surface area contributed by atoms with Crippen LogP contribution in [0.2, 0.25) is 0 Å². The lowest BCUT2D eigenvalue weighted by Crippen LogP contribution is -2.18. The van der Waals surface area contributed by atoms with Gasteiger partial charge in [-0.15, -0.1) is 6.58 Å². The maximum atomic E-state index is 13.0. The predicted octanol–water partition coefficient (Wildman–Crippen LogP) is 6.12. The van der Waals surface area contributed by atoms with E-state index >= 15 is 0 Å². The Morgan fingerprint density at radius 3 is 2.54 bits per heavy atom. The molecule has 0 aliphatic rings. The van der Waals surface area contributed by atoms with E-state index in [2.05, 4.69) is 66.5 Å². The summed E-state index contributed by atoms with van der Waals surface area (Å²) >= 11 is 2.25. The number of hydrogen-bond acceptors (Lipinski definition) is 1. The van der Waals surface area contributed by atoms with Crippen molar-refractivity contribution in [2.45, 2.75) is 33.2 Å². The van der Waals surface area contributed by atoms with Crippen molar-refractivity contribution < 1.29 is 4.79 Å².